The zero-order chi connectivity index (χ0) is 19.1. The Morgan fingerprint density at radius 3 is 2.50 bits per heavy atom. The Labute approximate surface area is 166 Å². The Morgan fingerprint density at radius 2 is 1.82 bits per heavy atom. The normalized spacial score (nSPS) is 17.2. The first-order valence-corrected chi connectivity index (χ1v) is 9.95. The van der Waals surface area contributed by atoms with Gasteiger partial charge in [0.1, 0.15) is 11.4 Å². The lowest BCUT2D eigenvalue weighted by atomic mass is 9.72. The topological polar surface area (TPSA) is 71.5 Å². The van der Waals surface area contributed by atoms with Gasteiger partial charge < -0.3 is 14.5 Å². The van der Waals surface area contributed by atoms with Crippen LogP contribution in [0.15, 0.2) is 48.1 Å². The number of nitrogens with zero attached hydrogens (tertiary/aromatic N) is 5. The minimum atomic E-state index is -0.00745. The highest BCUT2D eigenvalue weighted by Gasteiger charge is 2.53. The number of benzene rings is 1. The standard InChI is InChI=1S/C20H19N5O2S/c1-27-15-5-3-14(4-6-15)24-10-20(11-24)12-25(13-20)19(26)16-9-28-18(23-16)17-21-7-2-8-22-17/h2-9H,10-13H2,1H3. The van der Waals surface area contributed by atoms with Crippen LogP contribution < -0.4 is 9.64 Å². The summed E-state index contributed by atoms with van der Waals surface area (Å²) in [6.45, 7) is 3.52. The molecule has 4 heterocycles. The number of carbonyl (C=O) groups is 1. The van der Waals surface area contributed by atoms with Gasteiger partial charge in [-0.05, 0) is 30.3 Å². The van der Waals surface area contributed by atoms with Gasteiger partial charge in [0.25, 0.3) is 5.91 Å². The van der Waals surface area contributed by atoms with Crippen LogP contribution in [-0.4, -0.2) is 59.0 Å². The second-order valence-electron chi connectivity index (χ2n) is 7.33. The number of hydrogen-bond donors (Lipinski definition) is 0. The molecule has 142 valence electrons. The fourth-order valence-electron chi connectivity index (χ4n) is 3.89. The van der Waals surface area contributed by atoms with Gasteiger partial charge in [0.05, 0.1) is 7.11 Å². The van der Waals surface area contributed by atoms with Crippen LogP contribution in [-0.2, 0) is 0 Å². The molecule has 0 unspecified atom stereocenters. The zero-order valence-corrected chi connectivity index (χ0v) is 16.2. The van der Waals surface area contributed by atoms with Crippen LogP contribution in [0.2, 0.25) is 0 Å². The van der Waals surface area contributed by atoms with E-state index >= 15 is 0 Å². The van der Waals surface area contributed by atoms with Crippen LogP contribution in [0, 0.1) is 5.41 Å². The maximum atomic E-state index is 12.7. The third kappa shape index (κ3) is 2.90. The number of rotatable bonds is 4. The van der Waals surface area contributed by atoms with Crippen LogP contribution in [0.3, 0.4) is 0 Å². The van der Waals surface area contributed by atoms with Crippen LogP contribution in [0.25, 0.3) is 10.8 Å². The highest BCUT2D eigenvalue weighted by molar-refractivity contribution is 7.13. The number of likely N-dealkylation sites (tertiary alicyclic amines) is 1. The molecule has 0 N–H and O–H groups in total. The Kier molecular flexibility index (Phi) is 4.01. The Bertz CT molecular complexity index is 991. The molecule has 2 aliphatic rings. The molecule has 0 radical (unpaired) electrons. The van der Waals surface area contributed by atoms with E-state index < -0.39 is 0 Å². The molecule has 3 aromatic rings. The van der Waals surface area contributed by atoms with Crippen LogP contribution in [0.5, 0.6) is 5.75 Å². The minimum absolute atomic E-state index is 0.00745. The van der Waals surface area contributed by atoms with Crippen molar-refractivity contribution in [1.82, 2.24) is 19.9 Å². The molecule has 8 heteroatoms. The van der Waals surface area contributed by atoms with Gasteiger partial charge in [-0.1, -0.05) is 0 Å². The molecule has 2 aliphatic heterocycles. The number of aromatic nitrogens is 3. The van der Waals surface area contributed by atoms with Crippen molar-refractivity contribution in [3.63, 3.8) is 0 Å². The SMILES string of the molecule is COc1ccc(N2CC3(CN(C(=O)c4csc(-c5ncccn5)n4)C3)C2)cc1. The zero-order valence-electron chi connectivity index (χ0n) is 15.4. The van der Waals surface area contributed by atoms with Crippen molar-refractivity contribution in [1.29, 1.82) is 0 Å². The molecule has 0 bridgehead atoms. The van der Waals surface area contributed by atoms with Gasteiger partial charge >= 0.3 is 0 Å². The van der Waals surface area contributed by atoms with E-state index in [-0.39, 0.29) is 11.3 Å². The third-order valence-corrected chi connectivity index (χ3v) is 6.15. The van der Waals surface area contributed by atoms with Crippen LogP contribution in [0.1, 0.15) is 10.5 Å². The molecular formula is C20H19N5O2S. The number of methoxy groups -OCH3 is 1. The van der Waals surface area contributed by atoms with Crippen LogP contribution >= 0.6 is 11.3 Å². The number of anilines is 1. The van der Waals surface area contributed by atoms with E-state index in [1.807, 2.05) is 17.0 Å². The molecule has 2 fully saturated rings. The van der Waals surface area contributed by atoms with E-state index in [0.29, 0.717) is 16.5 Å². The van der Waals surface area contributed by atoms with E-state index in [9.17, 15) is 4.79 Å². The number of ether oxygens (including phenoxy) is 1. The first kappa shape index (κ1) is 17.1. The average Bonchev–Trinajstić information content (AvgIpc) is 3.17. The second-order valence-corrected chi connectivity index (χ2v) is 8.18. The van der Waals surface area contributed by atoms with Crippen molar-refractivity contribution in [3.05, 3.63) is 53.8 Å². The molecule has 5 rings (SSSR count). The fourth-order valence-corrected chi connectivity index (χ4v) is 4.63. The molecule has 0 saturated carbocycles. The van der Waals surface area contributed by atoms with Gasteiger partial charge in [0.2, 0.25) is 0 Å². The fraction of sp³-hybridized carbons (Fsp3) is 0.300. The van der Waals surface area contributed by atoms with Crippen molar-refractivity contribution >= 4 is 22.9 Å². The molecular weight excluding hydrogens is 374 g/mol. The van der Waals surface area contributed by atoms with Crippen molar-refractivity contribution in [2.45, 2.75) is 0 Å². The van der Waals surface area contributed by atoms with Gasteiger partial charge in [-0.25, -0.2) is 15.0 Å². The van der Waals surface area contributed by atoms with Crippen molar-refractivity contribution in [2.24, 2.45) is 5.41 Å². The Hall–Kier alpha value is -3.00. The summed E-state index contributed by atoms with van der Waals surface area (Å²) >= 11 is 1.40. The number of carbonyl (C=O) groups excluding carboxylic acids is 1. The van der Waals surface area contributed by atoms with E-state index in [0.717, 1.165) is 31.9 Å². The van der Waals surface area contributed by atoms with Crippen molar-refractivity contribution < 1.29 is 9.53 Å². The molecule has 1 amide bonds. The summed E-state index contributed by atoms with van der Waals surface area (Å²) < 4.78 is 5.21. The van der Waals surface area contributed by atoms with Gasteiger partial charge in [-0.15, -0.1) is 11.3 Å². The summed E-state index contributed by atoms with van der Waals surface area (Å²) in [4.78, 5) is 29.8. The second kappa shape index (κ2) is 6.56. The summed E-state index contributed by atoms with van der Waals surface area (Å²) in [6.07, 6.45) is 3.35. The highest BCUT2D eigenvalue weighted by Crippen LogP contribution is 2.42. The molecule has 2 saturated heterocycles. The number of amides is 1. The average molecular weight is 393 g/mol. The van der Waals surface area contributed by atoms with Gasteiger partial charge in [-0.3, -0.25) is 4.79 Å². The lowest BCUT2D eigenvalue weighted by Crippen LogP contribution is -2.73. The molecule has 1 spiro atoms. The summed E-state index contributed by atoms with van der Waals surface area (Å²) in [5, 5.41) is 2.47. The van der Waals surface area contributed by atoms with Gasteiger partial charge in [0, 0.05) is 55.1 Å². The summed E-state index contributed by atoms with van der Waals surface area (Å²) in [5.41, 5.74) is 1.90. The number of hydrogen-bond acceptors (Lipinski definition) is 7. The molecule has 1 aromatic carbocycles. The smallest absolute Gasteiger partial charge is 0.273 e. The molecule has 28 heavy (non-hydrogen) atoms. The van der Waals surface area contributed by atoms with Gasteiger partial charge in [0.15, 0.2) is 10.8 Å². The van der Waals surface area contributed by atoms with E-state index in [4.69, 9.17) is 4.74 Å². The third-order valence-electron chi connectivity index (χ3n) is 5.31. The molecule has 0 aliphatic carbocycles. The first-order valence-electron chi connectivity index (χ1n) is 9.07. The monoisotopic (exact) mass is 393 g/mol. The van der Waals surface area contributed by atoms with Crippen LogP contribution in [0.4, 0.5) is 5.69 Å². The highest BCUT2D eigenvalue weighted by atomic mass is 32.1. The number of thiazole rings is 1. The predicted molar refractivity (Wildman–Crippen MR) is 107 cm³/mol. The molecule has 7 nitrogen and oxygen atoms in total. The summed E-state index contributed by atoms with van der Waals surface area (Å²) in [6, 6.07) is 9.88. The van der Waals surface area contributed by atoms with Crippen molar-refractivity contribution in [2.75, 3.05) is 38.2 Å². The van der Waals surface area contributed by atoms with Crippen molar-refractivity contribution in [3.8, 4) is 16.6 Å². The quantitative estimate of drug-likeness (QED) is 0.678. The Balaban J connectivity index is 1.18. The molecule has 2 aromatic heterocycles. The maximum absolute atomic E-state index is 12.7. The first-order chi connectivity index (χ1) is 13.7. The van der Waals surface area contributed by atoms with Gasteiger partial charge in [-0.2, -0.15) is 0 Å². The maximum Gasteiger partial charge on any atom is 0.273 e. The predicted octanol–water partition coefficient (Wildman–Crippen LogP) is 2.57. The molecule has 0 atom stereocenters. The lowest BCUT2D eigenvalue weighted by Gasteiger charge is -2.60. The minimum Gasteiger partial charge on any atom is -0.497 e. The largest absolute Gasteiger partial charge is 0.497 e. The summed E-state index contributed by atoms with van der Waals surface area (Å²) in [5.74, 6) is 1.41. The summed E-state index contributed by atoms with van der Waals surface area (Å²) in [7, 11) is 1.67. The van der Waals surface area contributed by atoms with E-state index in [1.54, 1.807) is 30.9 Å². The Morgan fingerprint density at radius 1 is 1.11 bits per heavy atom. The van der Waals surface area contributed by atoms with E-state index in [1.165, 1.54) is 17.0 Å². The lowest BCUT2D eigenvalue weighted by molar-refractivity contribution is -0.0108. The van der Waals surface area contributed by atoms with E-state index in [2.05, 4.69) is 32.0 Å².